The molecular weight excluding hydrogens is 236 g/mol. The summed E-state index contributed by atoms with van der Waals surface area (Å²) in [7, 11) is 3.58. The molecule has 0 aliphatic rings. The van der Waals surface area contributed by atoms with Crippen molar-refractivity contribution in [3.05, 3.63) is 23.2 Å². The first-order valence-corrected chi connectivity index (χ1v) is 6.42. The Labute approximate surface area is 104 Å². The molecule has 0 bridgehead atoms. The van der Waals surface area contributed by atoms with Crippen molar-refractivity contribution in [2.75, 3.05) is 20.3 Å². The minimum absolute atomic E-state index is 0.0213. The van der Waals surface area contributed by atoms with Gasteiger partial charge in [-0.25, -0.2) is 0 Å². The third-order valence-corrected chi connectivity index (χ3v) is 3.56. The Hall–Kier alpha value is -1.33. The molecule has 2 aromatic rings. The van der Waals surface area contributed by atoms with Gasteiger partial charge in [0.05, 0.1) is 10.2 Å². The second-order valence-corrected chi connectivity index (χ2v) is 4.81. The molecule has 0 atom stereocenters. The molecule has 1 N–H and O–H groups in total. The van der Waals surface area contributed by atoms with Crippen molar-refractivity contribution in [1.82, 2.24) is 9.88 Å². The molecule has 0 aromatic carbocycles. The summed E-state index contributed by atoms with van der Waals surface area (Å²) in [5, 5.41) is 4.92. The standard InChI is InChI=1S/C12H16N2O2S/c1-14-9-4-7-17-11(9)8-10(14)12(15)13-5-3-6-16-2/h4,7-8H,3,5-6H2,1-2H3,(H,13,15). The van der Waals surface area contributed by atoms with E-state index in [4.69, 9.17) is 4.74 Å². The molecule has 2 aromatic heterocycles. The number of ether oxygens (including phenoxy) is 1. The number of carbonyl (C=O) groups excluding carboxylic acids is 1. The number of hydrogen-bond donors (Lipinski definition) is 1. The summed E-state index contributed by atoms with van der Waals surface area (Å²) in [6.45, 7) is 1.31. The van der Waals surface area contributed by atoms with Gasteiger partial charge in [-0.1, -0.05) is 0 Å². The quantitative estimate of drug-likeness (QED) is 0.827. The molecule has 0 aliphatic carbocycles. The lowest BCUT2D eigenvalue weighted by Gasteiger charge is -2.05. The van der Waals surface area contributed by atoms with Crippen LogP contribution in [0, 0.1) is 0 Å². The van der Waals surface area contributed by atoms with Crippen LogP contribution in [-0.2, 0) is 11.8 Å². The highest BCUT2D eigenvalue weighted by atomic mass is 32.1. The number of aryl methyl sites for hydroxylation is 1. The molecule has 17 heavy (non-hydrogen) atoms. The van der Waals surface area contributed by atoms with Crippen LogP contribution in [0.25, 0.3) is 10.2 Å². The minimum atomic E-state index is -0.0213. The van der Waals surface area contributed by atoms with Crippen molar-refractivity contribution in [3.8, 4) is 0 Å². The van der Waals surface area contributed by atoms with Crippen LogP contribution in [0.1, 0.15) is 16.9 Å². The van der Waals surface area contributed by atoms with Crippen LogP contribution in [0.15, 0.2) is 17.5 Å². The highest BCUT2D eigenvalue weighted by molar-refractivity contribution is 7.17. The smallest absolute Gasteiger partial charge is 0.267 e. The third-order valence-electron chi connectivity index (χ3n) is 2.71. The van der Waals surface area contributed by atoms with Gasteiger partial charge in [0.15, 0.2) is 0 Å². The maximum atomic E-state index is 11.9. The topological polar surface area (TPSA) is 43.3 Å². The minimum Gasteiger partial charge on any atom is -0.385 e. The largest absolute Gasteiger partial charge is 0.385 e. The van der Waals surface area contributed by atoms with E-state index < -0.39 is 0 Å². The number of nitrogens with one attached hydrogen (secondary N) is 1. The normalized spacial score (nSPS) is 10.9. The molecule has 2 heterocycles. The second-order valence-electron chi connectivity index (χ2n) is 3.86. The van der Waals surface area contributed by atoms with E-state index in [9.17, 15) is 4.79 Å². The Kier molecular flexibility index (Phi) is 3.81. The van der Waals surface area contributed by atoms with Crippen molar-refractivity contribution in [3.63, 3.8) is 0 Å². The Morgan fingerprint density at radius 3 is 3.12 bits per heavy atom. The average Bonchev–Trinajstić information content (AvgIpc) is 2.88. The molecule has 2 rings (SSSR count). The molecule has 1 amide bonds. The highest BCUT2D eigenvalue weighted by Crippen LogP contribution is 2.23. The zero-order valence-corrected chi connectivity index (χ0v) is 10.8. The maximum absolute atomic E-state index is 11.9. The maximum Gasteiger partial charge on any atom is 0.267 e. The monoisotopic (exact) mass is 252 g/mol. The van der Waals surface area contributed by atoms with Crippen molar-refractivity contribution in [2.24, 2.45) is 7.05 Å². The number of nitrogens with zero attached hydrogens (tertiary/aromatic N) is 1. The van der Waals surface area contributed by atoms with Crippen molar-refractivity contribution < 1.29 is 9.53 Å². The van der Waals surface area contributed by atoms with Gasteiger partial charge in [-0.05, 0) is 23.9 Å². The van der Waals surface area contributed by atoms with Gasteiger partial charge in [0.25, 0.3) is 5.91 Å². The first-order valence-electron chi connectivity index (χ1n) is 5.54. The molecule has 0 unspecified atom stereocenters. The Balaban J connectivity index is 2.03. The summed E-state index contributed by atoms with van der Waals surface area (Å²) < 4.78 is 8.01. The predicted molar refractivity (Wildman–Crippen MR) is 69.6 cm³/mol. The molecule has 5 heteroatoms. The van der Waals surface area contributed by atoms with E-state index in [1.54, 1.807) is 18.4 Å². The fourth-order valence-corrected chi connectivity index (χ4v) is 2.63. The molecule has 92 valence electrons. The molecule has 0 fully saturated rings. The summed E-state index contributed by atoms with van der Waals surface area (Å²) in [5.41, 5.74) is 1.82. The first kappa shape index (κ1) is 12.1. The lowest BCUT2D eigenvalue weighted by Crippen LogP contribution is -2.26. The van der Waals surface area contributed by atoms with Crippen LogP contribution in [0.5, 0.6) is 0 Å². The summed E-state index contributed by atoms with van der Waals surface area (Å²) in [6, 6.07) is 3.97. The number of amides is 1. The lowest BCUT2D eigenvalue weighted by molar-refractivity contribution is 0.0941. The molecule has 0 saturated carbocycles. The van der Waals surface area contributed by atoms with Crippen molar-refractivity contribution in [2.45, 2.75) is 6.42 Å². The van der Waals surface area contributed by atoms with Gasteiger partial charge in [-0.3, -0.25) is 4.79 Å². The van der Waals surface area contributed by atoms with Crippen LogP contribution in [0.4, 0.5) is 0 Å². The molecule has 0 aliphatic heterocycles. The summed E-state index contributed by atoms with van der Waals surface area (Å²) in [4.78, 5) is 11.9. The molecule has 4 nitrogen and oxygen atoms in total. The van der Waals surface area contributed by atoms with Gasteiger partial charge in [-0.2, -0.15) is 0 Å². The average molecular weight is 252 g/mol. The van der Waals surface area contributed by atoms with E-state index in [0.29, 0.717) is 18.8 Å². The zero-order valence-electron chi connectivity index (χ0n) is 10.0. The molecule has 0 saturated heterocycles. The zero-order chi connectivity index (χ0) is 12.3. The SMILES string of the molecule is COCCCNC(=O)c1cc2sccc2n1C. The number of rotatable bonds is 5. The van der Waals surface area contributed by atoms with Gasteiger partial charge < -0.3 is 14.6 Å². The van der Waals surface area contributed by atoms with Crippen LogP contribution < -0.4 is 5.32 Å². The van der Waals surface area contributed by atoms with Gasteiger partial charge in [0.2, 0.25) is 0 Å². The van der Waals surface area contributed by atoms with E-state index in [2.05, 4.69) is 5.32 Å². The Bertz CT molecular complexity index is 516. The lowest BCUT2D eigenvalue weighted by atomic mass is 10.3. The van der Waals surface area contributed by atoms with Gasteiger partial charge in [-0.15, -0.1) is 11.3 Å². The van der Waals surface area contributed by atoms with E-state index in [1.807, 2.05) is 29.1 Å². The van der Waals surface area contributed by atoms with E-state index in [-0.39, 0.29) is 5.91 Å². The molecule has 0 spiro atoms. The van der Waals surface area contributed by atoms with Gasteiger partial charge in [0.1, 0.15) is 5.69 Å². The third kappa shape index (κ3) is 2.50. The summed E-state index contributed by atoms with van der Waals surface area (Å²) in [6.07, 6.45) is 0.834. The fraction of sp³-hybridized carbons (Fsp3) is 0.417. The fourth-order valence-electron chi connectivity index (χ4n) is 1.78. The van der Waals surface area contributed by atoms with E-state index in [0.717, 1.165) is 16.6 Å². The van der Waals surface area contributed by atoms with Crippen LogP contribution in [0.2, 0.25) is 0 Å². The number of hydrogen-bond acceptors (Lipinski definition) is 3. The van der Waals surface area contributed by atoms with Crippen molar-refractivity contribution >= 4 is 27.5 Å². The number of carbonyl (C=O) groups is 1. The molecular formula is C12H16N2O2S. The summed E-state index contributed by atoms with van der Waals surface area (Å²) in [5.74, 6) is -0.0213. The van der Waals surface area contributed by atoms with Crippen LogP contribution >= 0.6 is 11.3 Å². The number of aromatic nitrogens is 1. The first-order chi connectivity index (χ1) is 8.24. The highest BCUT2D eigenvalue weighted by Gasteiger charge is 2.13. The summed E-state index contributed by atoms with van der Waals surface area (Å²) >= 11 is 1.65. The molecule has 0 radical (unpaired) electrons. The Morgan fingerprint density at radius 2 is 2.41 bits per heavy atom. The van der Waals surface area contributed by atoms with E-state index in [1.165, 1.54) is 0 Å². The number of methoxy groups -OCH3 is 1. The van der Waals surface area contributed by atoms with Crippen LogP contribution in [0.3, 0.4) is 0 Å². The second kappa shape index (κ2) is 5.33. The number of thiophene rings is 1. The Morgan fingerprint density at radius 1 is 1.59 bits per heavy atom. The van der Waals surface area contributed by atoms with Gasteiger partial charge >= 0.3 is 0 Å². The van der Waals surface area contributed by atoms with E-state index >= 15 is 0 Å². The number of fused-ring (bicyclic) bond motifs is 1. The van der Waals surface area contributed by atoms with Crippen molar-refractivity contribution in [1.29, 1.82) is 0 Å². The predicted octanol–water partition coefficient (Wildman–Crippen LogP) is 2.01. The van der Waals surface area contributed by atoms with Crippen LogP contribution in [-0.4, -0.2) is 30.7 Å². The van der Waals surface area contributed by atoms with Gasteiger partial charge in [0, 0.05) is 27.3 Å².